The lowest BCUT2D eigenvalue weighted by atomic mass is 10.2. The summed E-state index contributed by atoms with van der Waals surface area (Å²) in [5, 5.41) is 0. The van der Waals surface area contributed by atoms with Gasteiger partial charge in [0.05, 0.1) is 6.61 Å². The van der Waals surface area contributed by atoms with Crippen LogP contribution in [0.5, 0.6) is 5.88 Å². The van der Waals surface area contributed by atoms with E-state index in [1.807, 2.05) is 6.07 Å². The lowest BCUT2D eigenvalue weighted by Gasteiger charge is -2.07. The fraction of sp³-hybridized carbons (Fsp3) is 0.400. The smallest absolute Gasteiger partial charge is 0.213 e. The highest BCUT2D eigenvalue weighted by Gasteiger charge is 2.00. The Morgan fingerprint density at radius 2 is 2.29 bits per heavy atom. The second kappa shape index (κ2) is 4.91. The van der Waals surface area contributed by atoms with E-state index >= 15 is 0 Å². The highest BCUT2D eigenvalue weighted by atomic mass is 32.1. The van der Waals surface area contributed by atoms with E-state index in [1.165, 1.54) is 0 Å². The number of ether oxygens (including phenoxy) is 1. The minimum Gasteiger partial charge on any atom is -0.477 e. The molecule has 0 bridgehead atoms. The molecule has 3 nitrogen and oxygen atoms in total. The first-order chi connectivity index (χ1) is 6.59. The van der Waals surface area contributed by atoms with E-state index < -0.39 is 0 Å². The van der Waals surface area contributed by atoms with Crippen LogP contribution in [0.1, 0.15) is 19.4 Å². The van der Waals surface area contributed by atoms with Gasteiger partial charge in [0.2, 0.25) is 5.88 Å². The Bertz CT molecular complexity index is 308. The zero-order valence-corrected chi connectivity index (χ0v) is 9.17. The average Bonchev–Trinajstić information content (AvgIpc) is 2.15. The van der Waals surface area contributed by atoms with Crippen molar-refractivity contribution in [2.24, 2.45) is 11.7 Å². The first-order valence-electron chi connectivity index (χ1n) is 4.48. The standard InChI is InChI=1S/C10H14N2OS/c1-7(2)6-13-9-4-3-8(5-12-9)10(11)14/h3-5,7H,6H2,1-2H3,(H2,11,14). The zero-order valence-electron chi connectivity index (χ0n) is 8.36. The summed E-state index contributed by atoms with van der Waals surface area (Å²) >= 11 is 4.81. The van der Waals surface area contributed by atoms with E-state index in [0.717, 1.165) is 5.56 Å². The molecule has 14 heavy (non-hydrogen) atoms. The molecular formula is C10H14N2OS. The summed E-state index contributed by atoms with van der Waals surface area (Å²) in [5.41, 5.74) is 6.20. The van der Waals surface area contributed by atoms with Crippen LogP contribution < -0.4 is 10.5 Å². The molecule has 1 heterocycles. The maximum absolute atomic E-state index is 5.44. The summed E-state index contributed by atoms with van der Waals surface area (Å²) in [6.45, 7) is 4.84. The van der Waals surface area contributed by atoms with Crippen molar-refractivity contribution in [1.82, 2.24) is 4.98 Å². The summed E-state index contributed by atoms with van der Waals surface area (Å²) in [5.74, 6) is 1.10. The normalized spacial score (nSPS) is 10.2. The van der Waals surface area contributed by atoms with E-state index in [-0.39, 0.29) is 0 Å². The van der Waals surface area contributed by atoms with Crippen molar-refractivity contribution in [1.29, 1.82) is 0 Å². The van der Waals surface area contributed by atoms with Crippen LogP contribution in [-0.2, 0) is 0 Å². The first kappa shape index (κ1) is 10.9. The fourth-order valence-corrected chi connectivity index (χ4v) is 0.984. The molecule has 0 fully saturated rings. The van der Waals surface area contributed by atoms with Gasteiger partial charge in [0.15, 0.2) is 0 Å². The molecule has 0 saturated heterocycles. The van der Waals surface area contributed by atoms with Crippen molar-refractivity contribution in [2.75, 3.05) is 6.61 Å². The van der Waals surface area contributed by atoms with Crippen molar-refractivity contribution in [2.45, 2.75) is 13.8 Å². The SMILES string of the molecule is CC(C)COc1ccc(C(N)=S)cn1. The third-order valence-electron chi connectivity index (χ3n) is 1.59. The van der Waals surface area contributed by atoms with Crippen LogP contribution in [-0.4, -0.2) is 16.6 Å². The van der Waals surface area contributed by atoms with E-state index in [2.05, 4.69) is 18.8 Å². The second-order valence-electron chi connectivity index (χ2n) is 3.45. The summed E-state index contributed by atoms with van der Waals surface area (Å²) in [4.78, 5) is 4.44. The van der Waals surface area contributed by atoms with Crippen molar-refractivity contribution in [3.63, 3.8) is 0 Å². The predicted molar refractivity (Wildman–Crippen MR) is 60.5 cm³/mol. The van der Waals surface area contributed by atoms with Gasteiger partial charge in [-0.15, -0.1) is 0 Å². The molecular weight excluding hydrogens is 196 g/mol. The van der Waals surface area contributed by atoms with Gasteiger partial charge in [-0.05, 0) is 12.0 Å². The van der Waals surface area contributed by atoms with E-state index in [9.17, 15) is 0 Å². The van der Waals surface area contributed by atoms with Gasteiger partial charge >= 0.3 is 0 Å². The molecule has 0 aliphatic heterocycles. The molecule has 0 spiro atoms. The third-order valence-corrected chi connectivity index (χ3v) is 1.82. The first-order valence-corrected chi connectivity index (χ1v) is 4.89. The average molecular weight is 210 g/mol. The van der Waals surface area contributed by atoms with Crippen LogP contribution in [0.3, 0.4) is 0 Å². The van der Waals surface area contributed by atoms with Crippen molar-refractivity contribution in [3.05, 3.63) is 23.9 Å². The molecule has 76 valence electrons. The van der Waals surface area contributed by atoms with Gasteiger partial charge in [0, 0.05) is 17.8 Å². The minimum atomic E-state index is 0.355. The predicted octanol–water partition coefficient (Wildman–Crippen LogP) is 1.75. The summed E-state index contributed by atoms with van der Waals surface area (Å²) in [7, 11) is 0. The minimum absolute atomic E-state index is 0.355. The molecule has 1 aromatic rings. The van der Waals surface area contributed by atoms with Gasteiger partial charge in [-0.25, -0.2) is 4.98 Å². The molecule has 0 aliphatic carbocycles. The number of hydrogen-bond acceptors (Lipinski definition) is 3. The third kappa shape index (κ3) is 3.30. The van der Waals surface area contributed by atoms with E-state index in [1.54, 1.807) is 12.3 Å². The van der Waals surface area contributed by atoms with E-state index in [4.69, 9.17) is 22.7 Å². The topological polar surface area (TPSA) is 48.1 Å². The highest BCUT2D eigenvalue weighted by molar-refractivity contribution is 7.80. The maximum Gasteiger partial charge on any atom is 0.213 e. The number of thiocarbonyl (C=S) groups is 1. The van der Waals surface area contributed by atoms with E-state index in [0.29, 0.717) is 23.4 Å². The molecule has 2 N–H and O–H groups in total. The molecule has 1 rings (SSSR count). The van der Waals surface area contributed by atoms with Gasteiger partial charge in [-0.3, -0.25) is 0 Å². The van der Waals surface area contributed by atoms with Crippen LogP contribution in [0.2, 0.25) is 0 Å². The van der Waals surface area contributed by atoms with Gasteiger partial charge < -0.3 is 10.5 Å². The molecule has 0 aliphatic rings. The summed E-state index contributed by atoms with van der Waals surface area (Å²) in [6.07, 6.45) is 1.62. The highest BCUT2D eigenvalue weighted by Crippen LogP contribution is 2.08. The Morgan fingerprint density at radius 1 is 1.57 bits per heavy atom. The molecule has 0 atom stereocenters. The van der Waals surface area contributed by atoms with Crippen LogP contribution in [0.4, 0.5) is 0 Å². The number of nitrogens with zero attached hydrogens (tertiary/aromatic N) is 1. The van der Waals surface area contributed by atoms with Crippen LogP contribution >= 0.6 is 12.2 Å². The number of nitrogens with two attached hydrogens (primary N) is 1. The Kier molecular flexibility index (Phi) is 3.83. The second-order valence-corrected chi connectivity index (χ2v) is 3.89. The Labute approximate surface area is 89.3 Å². The lowest BCUT2D eigenvalue weighted by Crippen LogP contribution is -2.10. The van der Waals surface area contributed by atoms with Crippen LogP contribution in [0.15, 0.2) is 18.3 Å². The Hall–Kier alpha value is -1.16. The summed E-state index contributed by atoms with van der Waals surface area (Å²) in [6, 6.07) is 3.59. The Morgan fingerprint density at radius 3 is 2.71 bits per heavy atom. The fourth-order valence-electron chi connectivity index (χ4n) is 0.863. The molecule has 0 saturated carbocycles. The zero-order chi connectivity index (χ0) is 10.6. The number of hydrogen-bond donors (Lipinski definition) is 1. The quantitative estimate of drug-likeness (QED) is 0.769. The molecule has 0 amide bonds. The Balaban J connectivity index is 2.60. The van der Waals surface area contributed by atoms with Crippen molar-refractivity contribution < 1.29 is 4.74 Å². The molecule has 4 heteroatoms. The number of rotatable bonds is 4. The summed E-state index contributed by atoms with van der Waals surface area (Å²) < 4.78 is 5.41. The van der Waals surface area contributed by atoms with Crippen LogP contribution in [0.25, 0.3) is 0 Å². The van der Waals surface area contributed by atoms with Gasteiger partial charge in [-0.1, -0.05) is 26.1 Å². The molecule has 0 unspecified atom stereocenters. The maximum atomic E-state index is 5.44. The monoisotopic (exact) mass is 210 g/mol. The van der Waals surface area contributed by atoms with Gasteiger partial charge in [0.25, 0.3) is 0 Å². The number of pyridine rings is 1. The number of aromatic nitrogens is 1. The molecule has 0 aromatic carbocycles. The molecule has 0 radical (unpaired) electrons. The van der Waals surface area contributed by atoms with Crippen molar-refractivity contribution in [3.8, 4) is 5.88 Å². The largest absolute Gasteiger partial charge is 0.477 e. The molecule has 1 aromatic heterocycles. The lowest BCUT2D eigenvalue weighted by molar-refractivity contribution is 0.261. The van der Waals surface area contributed by atoms with Crippen molar-refractivity contribution >= 4 is 17.2 Å². The van der Waals surface area contributed by atoms with Crippen LogP contribution in [0, 0.1) is 5.92 Å². The van der Waals surface area contributed by atoms with Gasteiger partial charge in [0.1, 0.15) is 4.99 Å². The van der Waals surface area contributed by atoms with Gasteiger partial charge in [-0.2, -0.15) is 0 Å².